The first kappa shape index (κ1) is 24.7. The highest BCUT2D eigenvalue weighted by molar-refractivity contribution is 8.00. The zero-order valence-electron chi connectivity index (χ0n) is 18.5. The Bertz CT molecular complexity index is 1430. The Balaban J connectivity index is 1.59. The Morgan fingerprint density at radius 2 is 1.89 bits per heavy atom. The summed E-state index contributed by atoms with van der Waals surface area (Å²) in [7, 11) is -1.08. The van der Waals surface area contributed by atoms with Crippen LogP contribution in [0, 0.1) is 0 Å². The molecule has 1 amide bonds. The summed E-state index contributed by atoms with van der Waals surface area (Å²) >= 11 is 6.78. The molecule has 0 bridgehead atoms. The van der Waals surface area contributed by atoms with Gasteiger partial charge in [0, 0.05) is 11.1 Å². The molecule has 2 aromatic carbocycles. The molecule has 9 nitrogen and oxygen atoms in total. The van der Waals surface area contributed by atoms with Crippen LogP contribution in [0.5, 0.6) is 11.5 Å². The quantitative estimate of drug-likeness (QED) is 0.290. The third-order valence-electron chi connectivity index (χ3n) is 4.69. The number of carbonyl (C=O) groups excluding carboxylic acids is 1. The predicted octanol–water partition coefficient (Wildman–Crippen LogP) is 5.17. The molecule has 1 N–H and O–H groups in total. The van der Waals surface area contributed by atoms with E-state index >= 15 is 0 Å². The Morgan fingerprint density at radius 3 is 2.54 bits per heavy atom. The number of halogens is 1. The molecule has 0 unspecified atom stereocenters. The number of nitrogens with zero attached hydrogens (tertiary/aromatic N) is 1. The summed E-state index contributed by atoms with van der Waals surface area (Å²) in [5.74, 6) is 0.626. The molecule has 182 valence electrons. The molecule has 0 fully saturated rings. The second kappa shape index (κ2) is 10.5. The van der Waals surface area contributed by atoms with Crippen LogP contribution in [0.1, 0.15) is 0 Å². The zero-order valence-corrected chi connectivity index (χ0v) is 20.9. The fourth-order valence-electron chi connectivity index (χ4n) is 3.00. The van der Waals surface area contributed by atoms with Gasteiger partial charge in [0.2, 0.25) is 25.9 Å². The summed E-state index contributed by atoms with van der Waals surface area (Å²) < 4.78 is 48.0. The Morgan fingerprint density at radius 1 is 1.11 bits per heavy atom. The monoisotopic (exact) mass is 534 g/mol. The fourth-order valence-corrected chi connectivity index (χ4v) is 5.46. The number of furan rings is 1. The number of hydrogen-bond donors (Lipinski definition) is 1. The Kier molecular flexibility index (Phi) is 7.39. The topological polar surface area (TPSA) is 121 Å². The molecule has 2 aromatic heterocycles. The standard InChI is InChI=1S/C23H19ClN2O7S2/c1-30-15-7-10-17(19(12-15)31-2)25-20(27)13-34-23-22(26-21(33-23)18-4-3-11-32-18)35(28,29)16-8-5-14(24)6-9-16/h3-12H,13H2,1-2H3,(H,25,27). The van der Waals surface area contributed by atoms with Gasteiger partial charge in [0.05, 0.1) is 36.8 Å². The second-order valence-electron chi connectivity index (χ2n) is 6.95. The van der Waals surface area contributed by atoms with Crippen LogP contribution in [0.3, 0.4) is 0 Å². The van der Waals surface area contributed by atoms with E-state index in [0.29, 0.717) is 22.2 Å². The van der Waals surface area contributed by atoms with Gasteiger partial charge in [-0.25, -0.2) is 8.42 Å². The van der Waals surface area contributed by atoms with Gasteiger partial charge in [-0.3, -0.25) is 4.79 Å². The van der Waals surface area contributed by atoms with Gasteiger partial charge < -0.3 is 23.6 Å². The maximum absolute atomic E-state index is 13.3. The number of sulfone groups is 1. The van der Waals surface area contributed by atoms with Crippen LogP contribution < -0.4 is 14.8 Å². The molecule has 4 aromatic rings. The summed E-state index contributed by atoms with van der Waals surface area (Å²) in [5.41, 5.74) is 0.432. The van der Waals surface area contributed by atoms with Crippen LogP contribution in [-0.2, 0) is 14.6 Å². The lowest BCUT2D eigenvalue weighted by Gasteiger charge is -2.11. The predicted molar refractivity (Wildman–Crippen MR) is 130 cm³/mol. The minimum atomic E-state index is -4.07. The third-order valence-corrected chi connectivity index (χ3v) is 7.70. The van der Waals surface area contributed by atoms with E-state index in [1.165, 1.54) is 44.7 Å². The average molecular weight is 535 g/mol. The maximum atomic E-state index is 13.3. The number of anilines is 1. The first-order chi connectivity index (χ1) is 16.8. The third kappa shape index (κ3) is 5.47. The largest absolute Gasteiger partial charge is 0.497 e. The SMILES string of the molecule is COc1ccc(NC(=O)CSc2oc(-c3ccco3)nc2S(=O)(=O)c2ccc(Cl)cc2)c(OC)c1. The molecule has 0 radical (unpaired) electrons. The Hall–Kier alpha value is -3.41. The average Bonchev–Trinajstić information content (AvgIpc) is 3.54. The van der Waals surface area contributed by atoms with Gasteiger partial charge in [-0.15, -0.1) is 0 Å². The van der Waals surface area contributed by atoms with Crippen LogP contribution in [0.15, 0.2) is 84.7 Å². The first-order valence-corrected chi connectivity index (χ1v) is 12.9. The van der Waals surface area contributed by atoms with Crippen LogP contribution in [0.2, 0.25) is 5.02 Å². The second-order valence-corrected chi connectivity index (χ2v) is 10.2. The van der Waals surface area contributed by atoms with Crippen molar-refractivity contribution >= 4 is 44.8 Å². The fraction of sp³-hybridized carbons (Fsp3) is 0.130. The van der Waals surface area contributed by atoms with Gasteiger partial charge in [-0.1, -0.05) is 23.4 Å². The molecule has 0 saturated heterocycles. The van der Waals surface area contributed by atoms with Crippen molar-refractivity contribution in [2.24, 2.45) is 0 Å². The van der Waals surface area contributed by atoms with E-state index in [0.717, 1.165) is 11.8 Å². The van der Waals surface area contributed by atoms with Crippen LogP contribution in [0.4, 0.5) is 5.69 Å². The number of nitrogens with one attached hydrogen (secondary N) is 1. The number of ether oxygens (including phenoxy) is 2. The number of rotatable bonds is 9. The number of hydrogen-bond acceptors (Lipinski definition) is 9. The van der Waals surface area contributed by atoms with E-state index in [1.54, 1.807) is 30.3 Å². The van der Waals surface area contributed by atoms with Gasteiger partial charge in [0.25, 0.3) is 5.89 Å². The normalized spacial score (nSPS) is 11.3. The first-order valence-electron chi connectivity index (χ1n) is 10.0. The highest BCUT2D eigenvalue weighted by atomic mass is 35.5. The van der Waals surface area contributed by atoms with Crippen LogP contribution in [0.25, 0.3) is 11.7 Å². The molecular formula is C23H19ClN2O7S2. The number of thioether (sulfide) groups is 1. The van der Waals surface area contributed by atoms with Crippen molar-refractivity contribution in [2.75, 3.05) is 25.3 Å². The molecule has 0 saturated carbocycles. The van der Waals surface area contributed by atoms with Crippen molar-refractivity contribution in [3.63, 3.8) is 0 Å². The number of methoxy groups -OCH3 is 2. The van der Waals surface area contributed by atoms with Gasteiger partial charge in [-0.2, -0.15) is 4.98 Å². The summed E-state index contributed by atoms with van der Waals surface area (Å²) in [4.78, 5) is 16.8. The van der Waals surface area contributed by atoms with Crippen molar-refractivity contribution in [1.82, 2.24) is 4.98 Å². The van der Waals surface area contributed by atoms with E-state index in [9.17, 15) is 13.2 Å². The Labute approximate surface area is 210 Å². The molecule has 0 spiro atoms. The highest BCUT2D eigenvalue weighted by Gasteiger charge is 2.30. The summed E-state index contributed by atoms with van der Waals surface area (Å²) in [6.45, 7) is 0. The van der Waals surface area contributed by atoms with Crippen molar-refractivity contribution in [2.45, 2.75) is 15.0 Å². The lowest BCUT2D eigenvalue weighted by Crippen LogP contribution is -2.15. The molecule has 2 heterocycles. The van der Waals surface area contributed by atoms with Crippen molar-refractivity contribution in [3.05, 3.63) is 65.9 Å². The van der Waals surface area contributed by atoms with Gasteiger partial charge in [0.15, 0.2) is 5.76 Å². The number of amides is 1. The molecule has 0 atom stereocenters. The number of carbonyl (C=O) groups is 1. The van der Waals surface area contributed by atoms with Crippen molar-refractivity contribution in [3.8, 4) is 23.1 Å². The van der Waals surface area contributed by atoms with Crippen LogP contribution >= 0.6 is 23.4 Å². The van der Waals surface area contributed by atoms with Gasteiger partial charge in [-0.05, 0) is 48.5 Å². The smallest absolute Gasteiger partial charge is 0.265 e. The molecule has 0 aliphatic heterocycles. The molecule has 35 heavy (non-hydrogen) atoms. The molecule has 0 aliphatic carbocycles. The summed E-state index contributed by atoms with van der Waals surface area (Å²) in [5, 5.41) is 2.74. The molecule has 12 heteroatoms. The lowest BCUT2D eigenvalue weighted by atomic mass is 10.2. The van der Waals surface area contributed by atoms with Crippen molar-refractivity contribution < 1.29 is 31.5 Å². The molecule has 4 rings (SSSR count). The van der Waals surface area contributed by atoms with E-state index in [2.05, 4.69) is 10.3 Å². The minimum absolute atomic E-state index is 0.0181. The molecule has 0 aliphatic rings. The van der Waals surface area contributed by atoms with Crippen molar-refractivity contribution in [1.29, 1.82) is 0 Å². The highest BCUT2D eigenvalue weighted by Crippen LogP contribution is 2.36. The number of benzene rings is 2. The van der Waals surface area contributed by atoms with E-state index in [4.69, 9.17) is 29.9 Å². The minimum Gasteiger partial charge on any atom is -0.497 e. The van der Waals surface area contributed by atoms with E-state index in [-0.39, 0.29) is 32.4 Å². The van der Waals surface area contributed by atoms with Gasteiger partial charge >= 0.3 is 0 Å². The molecular weight excluding hydrogens is 516 g/mol. The van der Waals surface area contributed by atoms with E-state index < -0.39 is 15.7 Å². The van der Waals surface area contributed by atoms with E-state index in [1.807, 2.05) is 0 Å². The maximum Gasteiger partial charge on any atom is 0.265 e. The zero-order chi connectivity index (χ0) is 25.0. The summed E-state index contributed by atoms with van der Waals surface area (Å²) in [6.07, 6.45) is 1.41. The van der Waals surface area contributed by atoms with Gasteiger partial charge in [0.1, 0.15) is 11.5 Å². The van der Waals surface area contributed by atoms with Crippen LogP contribution in [-0.4, -0.2) is 39.3 Å². The number of oxazole rings is 1. The summed E-state index contributed by atoms with van der Waals surface area (Å²) in [6, 6.07) is 13.8. The lowest BCUT2D eigenvalue weighted by molar-refractivity contribution is -0.113. The number of aromatic nitrogens is 1.